The van der Waals surface area contributed by atoms with Crippen LogP contribution in [0.1, 0.15) is 36.5 Å². The maximum atomic E-state index is 12.2. The molecule has 5 nitrogen and oxygen atoms in total. The Labute approximate surface area is 118 Å². The van der Waals surface area contributed by atoms with Crippen LogP contribution in [-0.2, 0) is 4.79 Å². The van der Waals surface area contributed by atoms with E-state index < -0.39 is 6.04 Å². The maximum absolute atomic E-state index is 12.2. The number of nitrogens with one attached hydrogen (secondary N) is 2. The molecule has 1 aromatic carbocycles. The molecule has 0 aliphatic carbocycles. The minimum atomic E-state index is -0.439. The normalized spacial score (nSPS) is 17.6. The lowest BCUT2D eigenvalue weighted by Crippen LogP contribution is -2.40. The van der Waals surface area contributed by atoms with Crippen molar-refractivity contribution in [3.63, 3.8) is 0 Å². The molecule has 5 heteroatoms. The topological polar surface area (TPSA) is 67.4 Å². The van der Waals surface area contributed by atoms with E-state index in [1.54, 1.807) is 18.2 Å². The Morgan fingerprint density at radius 2 is 2.25 bits per heavy atom. The van der Waals surface area contributed by atoms with Crippen molar-refractivity contribution in [2.45, 2.75) is 32.2 Å². The minimum absolute atomic E-state index is 0.122. The lowest BCUT2D eigenvalue weighted by molar-refractivity contribution is -0.120. The molecule has 1 aliphatic rings. The minimum Gasteiger partial charge on any atom is -0.493 e. The van der Waals surface area contributed by atoms with Crippen LogP contribution in [-0.4, -0.2) is 31.0 Å². The fraction of sp³-hybridized carbons (Fsp3) is 0.467. The number of hydrogen-bond acceptors (Lipinski definition) is 3. The predicted octanol–water partition coefficient (Wildman–Crippen LogP) is 1.48. The molecular weight excluding hydrogens is 256 g/mol. The summed E-state index contributed by atoms with van der Waals surface area (Å²) in [5.74, 6) is 0.179. The molecule has 20 heavy (non-hydrogen) atoms. The first-order valence-electron chi connectivity index (χ1n) is 7.02. The Morgan fingerprint density at radius 1 is 1.45 bits per heavy atom. The molecule has 0 saturated carbocycles. The molecule has 2 amide bonds. The van der Waals surface area contributed by atoms with Gasteiger partial charge in [-0.3, -0.25) is 9.59 Å². The van der Waals surface area contributed by atoms with E-state index in [1.165, 1.54) is 0 Å². The zero-order valence-electron chi connectivity index (χ0n) is 11.6. The van der Waals surface area contributed by atoms with E-state index in [-0.39, 0.29) is 11.8 Å². The van der Waals surface area contributed by atoms with E-state index in [2.05, 4.69) is 17.6 Å². The van der Waals surface area contributed by atoms with Gasteiger partial charge in [0.05, 0.1) is 12.2 Å². The molecule has 0 unspecified atom stereocenters. The highest BCUT2D eigenvalue weighted by Gasteiger charge is 2.26. The molecule has 108 valence electrons. The lowest BCUT2D eigenvalue weighted by Gasteiger charge is -2.13. The molecule has 1 aromatic rings. The first kappa shape index (κ1) is 14.4. The van der Waals surface area contributed by atoms with Crippen LogP contribution in [0.15, 0.2) is 24.3 Å². The fourth-order valence-electron chi connectivity index (χ4n) is 2.07. The van der Waals surface area contributed by atoms with Crippen LogP contribution in [0.25, 0.3) is 0 Å². The SMILES string of the molecule is CCCCOc1ccccc1C(=O)N[C@H]1CCNC1=O. The molecule has 1 saturated heterocycles. The van der Waals surface area contributed by atoms with Gasteiger partial charge in [-0.2, -0.15) is 0 Å². The summed E-state index contributed by atoms with van der Waals surface area (Å²) >= 11 is 0. The van der Waals surface area contributed by atoms with Gasteiger partial charge in [0, 0.05) is 6.54 Å². The number of carbonyl (C=O) groups is 2. The van der Waals surface area contributed by atoms with E-state index in [4.69, 9.17) is 4.74 Å². The third-order valence-electron chi connectivity index (χ3n) is 3.24. The van der Waals surface area contributed by atoms with Crippen molar-refractivity contribution in [2.24, 2.45) is 0 Å². The summed E-state index contributed by atoms with van der Waals surface area (Å²) in [5.41, 5.74) is 0.475. The standard InChI is InChI=1S/C15H20N2O3/c1-2-3-10-20-13-7-5-4-6-11(13)14(18)17-12-8-9-16-15(12)19/h4-7,12H,2-3,8-10H2,1H3,(H,16,19)(H,17,18)/t12-/m0/s1. The number of benzene rings is 1. The average Bonchev–Trinajstić information content (AvgIpc) is 2.85. The average molecular weight is 276 g/mol. The zero-order valence-corrected chi connectivity index (χ0v) is 11.6. The smallest absolute Gasteiger partial charge is 0.255 e. The van der Waals surface area contributed by atoms with Crippen molar-refractivity contribution < 1.29 is 14.3 Å². The molecule has 1 atom stereocenters. The highest BCUT2D eigenvalue weighted by molar-refractivity contribution is 6.00. The molecule has 2 rings (SSSR count). The third-order valence-corrected chi connectivity index (χ3v) is 3.24. The molecule has 0 spiro atoms. The summed E-state index contributed by atoms with van der Waals surface area (Å²) in [6.07, 6.45) is 2.61. The molecule has 2 N–H and O–H groups in total. The van der Waals surface area contributed by atoms with Gasteiger partial charge in [0.1, 0.15) is 11.8 Å². The highest BCUT2D eigenvalue weighted by atomic mass is 16.5. The van der Waals surface area contributed by atoms with Crippen LogP contribution in [0.2, 0.25) is 0 Å². The molecular formula is C15H20N2O3. The second-order valence-electron chi connectivity index (χ2n) is 4.80. The largest absolute Gasteiger partial charge is 0.493 e. The molecule has 0 radical (unpaired) electrons. The highest BCUT2D eigenvalue weighted by Crippen LogP contribution is 2.18. The van der Waals surface area contributed by atoms with Crippen LogP contribution in [0.4, 0.5) is 0 Å². The second kappa shape index (κ2) is 6.93. The monoisotopic (exact) mass is 276 g/mol. The summed E-state index contributed by atoms with van der Waals surface area (Å²) in [6.45, 7) is 3.28. The summed E-state index contributed by atoms with van der Waals surface area (Å²) in [7, 11) is 0. The van der Waals surface area contributed by atoms with Crippen molar-refractivity contribution in [3.8, 4) is 5.75 Å². The third kappa shape index (κ3) is 3.50. The Morgan fingerprint density at radius 3 is 2.95 bits per heavy atom. The van der Waals surface area contributed by atoms with Gasteiger partial charge >= 0.3 is 0 Å². The number of hydrogen-bond donors (Lipinski definition) is 2. The maximum Gasteiger partial charge on any atom is 0.255 e. The van der Waals surface area contributed by atoms with Crippen molar-refractivity contribution in [1.82, 2.24) is 10.6 Å². The van der Waals surface area contributed by atoms with Gasteiger partial charge in [-0.1, -0.05) is 25.5 Å². The summed E-state index contributed by atoms with van der Waals surface area (Å²) < 4.78 is 5.63. The number of ether oxygens (including phenoxy) is 1. The Bertz CT molecular complexity index is 488. The Balaban J connectivity index is 2.03. The molecule has 0 aromatic heterocycles. The number of para-hydroxylation sites is 1. The van der Waals surface area contributed by atoms with Gasteiger partial charge in [-0.25, -0.2) is 0 Å². The second-order valence-corrected chi connectivity index (χ2v) is 4.80. The zero-order chi connectivity index (χ0) is 14.4. The van der Waals surface area contributed by atoms with E-state index in [9.17, 15) is 9.59 Å². The van der Waals surface area contributed by atoms with Gasteiger partial charge in [0.2, 0.25) is 5.91 Å². The quantitative estimate of drug-likeness (QED) is 0.773. The first-order valence-corrected chi connectivity index (χ1v) is 7.02. The first-order chi connectivity index (χ1) is 9.72. The van der Waals surface area contributed by atoms with Crippen molar-refractivity contribution in [1.29, 1.82) is 0 Å². The van der Waals surface area contributed by atoms with Crippen LogP contribution >= 0.6 is 0 Å². The number of amides is 2. The van der Waals surface area contributed by atoms with Crippen LogP contribution < -0.4 is 15.4 Å². The fourth-order valence-corrected chi connectivity index (χ4v) is 2.07. The van der Waals surface area contributed by atoms with Crippen LogP contribution in [0.5, 0.6) is 5.75 Å². The summed E-state index contributed by atoms with van der Waals surface area (Å²) in [6, 6.07) is 6.67. The van der Waals surface area contributed by atoms with E-state index in [0.29, 0.717) is 30.9 Å². The van der Waals surface area contributed by atoms with Gasteiger partial charge in [-0.05, 0) is 25.0 Å². The van der Waals surface area contributed by atoms with Crippen LogP contribution in [0, 0.1) is 0 Å². The molecule has 1 fully saturated rings. The number of rotatable bonds is 6. The number of unbranched alkanes of at least 4 members (excludes halogenated alkanes) is 1. The molecule has 0 bridgehead atoms. The van der Waals surface area contributed by atoms with Gasteiger partial charge < -0.3 is 15.4 Å². The molecule has 1 heterocycles. The van der Waals surface area contributed by atoms with Crippen molar-refractivity contribution in [3.05, 3.63) is 29.8 Å². The summed E-state index contributed by atoms with van der Waals surface area (Å²) in [4.78, 5) is 23.7. The number of carbonyl (C=O) groups excluding carboxylic acids is 2. The molecule has 1 aliphatic heterocycles. The van der Waals surface area contributed by atoms with Gasteiger partial charge in [-0.15, -0.1) is 0 Å². The summed E-state index contributed by atoms with van der Waals surface area (Å²) in [5, 5.41) is 5.44. The predicted molar refractivity (Wildman–Crippen MR) is 75.7 cm³/mol. The van der Waals surface area contributed by atoms with Crippen molar-refractivity contribution in [2.75, 3.05) is 13.2 Å². The lowest BCUT2D eigenvalue weighted by atomic mass is 10.1. The van der Waals surface area contributed by atoms with E-state index >= 15 is 0 Å². The Hall–Kier alpha value is -2.04. The van der Waals surface area contributed by atoms with Gasteiger partial charge in [0.25, 0.3) is 5.91 Å². The van der Waals surface area contributed by atoms with E-state index in [1.807, 2.05) is 6.07 Å². The van der Waals surface area contributed by atoms with Crippen LogP contribution in [0.3, 0.4) is 0 Å². The van der Waals surface area contributed by atoms with Gasteiger partial charge in [0.15, 0.2) is 0 Å². The van der Waals surface area contributed by atoms with Crippen molar-refractivity contribution >= 4 is 11.8 Å². The van der Waals surface area contributed by atoms with E-state index in [0.717, 1.165) is 12.8 Å². The Kier molecular flexibility index (Phi) is 4.98.